The van der Waals surface area contributed by atoms with Crippen LogP contribution in [0.15, 0.2) is 0 Å². The molecule has 0 aromatic heterocycles. The van der Waals surface area contributed by atoms with Crippen molar-refractivity contribution in [2.45, 2.75) is 33.6 Å². The maximum atomic E-state index is 11.4. The Kier molecular flexibility index (Phi) is 5.38. The van der Waals surface area contributed by atoms with Gasteiger partial charge in [-0.25, -0.2) is 0 Å². The number of thiol groups is 1. The molecule has 0 fully saturated rings. The Balaban J connectivity index is 4.03. The average Bonchev–Trinajstić information content (AvgIpc) is 2.12. The molecule has 0 spiro atoms. The Labute approximate surface area is 80.1 Å². The van der Waals surface area contributed by atoms with Gasteiger partial charge < -0.3 is 4.74 Å². The van der Waals surface area contributed by atoms with E-state index in [1.807, 2.05) is 20.8 Å². The van der Waals surface area contributed by atoms with E-state index in [9.17, 15) is 4.79 Å². The second-order valence-corrected chi connectivity index (χ2v) is 3.52. The summed E-state index contributed by atoms with van der Waals surface area (Å²) in [7, 11) is 0. The van der Waals surface area contributed by atoms with Gasteiger partial charge in [0.2, 0.25) is 0 Å². The zero-order chi connectivity index (χ0) is 9.61. The Morgan fingerprint density at radius 2 is 2.08 bits per heavy atom. The quantitative estimate of drug-likeness (QED) is 0.532. The normalized spacial score (nSPS) is 15.3. The minimum atomic E-state index is -0.404. The zero-order valence-electron chi connectivity index (χ0n) is 8.09. The van der Waals surface area contributed by atoms with Gasteiger partial charge in [-0.3, -0.25) is 4.79 Å². The van der Waals surface area contributed by atoms with E-state index in [-0.39, 0.29) is 5.97 Å². The van der Waals surface area contributed by atoms with Gasteiger partial charge in [-0.2, -0.15) is 12.6 Å². The van der Waals surface area contributed by atoms with Gasteiger partial charge in [0.05, 0.1) is 12.0 Å². The number of rotatable bonds is 5. The van der Waals surface area contributed by atoms with Crippen molar-refractivity contribution in [1.29, 1.82) is 0 Å². The number of carbonyl (C=O) groups excluding carboxylic acids is 1. The van der Waals surface area contributed by atoms with Crippen molar-refractivity contribution in [1.82, 2.24) is 0 Å². The number of hydrogen-bond donors (Lipinski definition) is 1. The van der Waals surface area contributed by atoms with Gasteiger partial charge in [-0.05, 0) is 19.8 Å². The SMILES string of the molecule is CCCOC(=O)C(C)(CC)CS. The van der Waals surface area contributed by atoms with E-state index in [0.29, 0.717) is 12.4 Å². The molecule has 0 N–H and O–H groups in total. The Morgan fingerprint density at radius 1 is 1.50 bits per heavy atom. The number of hydrogen-bond acceptors (Lipinski definition) is 3. The van der Waals surface area contributed by atoms with Gasteiger partial charge >= 0.3 is 5.97 Å². The maximum Gasteiger partial charge on any atom is 0.312 e. The van der Waals surface area contributed by atoms with Crippen LogP contribution in [0.25, 0.3) is 0 Å². The molecule has 3 heteroatoms. The summed E-state index contributed by atoms with van der Waals surface area (Å²) in [6.45, 7) is 6.36. The summed E-state index contributed by atoms with van der Waals surface area (Å²) in [6, 6.07) is 0. The highest BCUT2D eigenvalue weighted by atomic mass is 32.1. The van der Waals surface area contributed by atoms with E-state index < -0.39 is 5.41 Å². The molecule has 0 aliphatic rings. The van der Waals surface area contributed by atoms with Crippen molar-refractivity contribution in [2.75, 3.05) is 12.4 Å². The summed E-state index contributed by atoms with van der Waals surface area (Å²) >= 11 is 4.14. The van der Waals surface area contributed by atoms with Crippen LogP contribution in [0.5, 0.6) is 0 Å². The molecular formula is C9H18O2S. The Morgan fingerprint density at radius 3 is 2.42 bits per heavy atom. The predicted octanol–water partition coefficient (Wildman–Crippen LogP) is 2.29. The monoisotopic (exact) mass is 190 g/mol. The summed E-state index contributed by atoms with van der Waals surface area (Å²) in [5, 5.41) is 0. The third-order valence-electron chi connectivity index (χ3n) is 2.06. The minimum Gasteiger partial charge on any atom is -0.465 e. The molecule has 12 heavy (non-hydrogen) atoms. The first-order chi connectivity index (χ1) is 5.60. The topological polar surface area (TPSA) is 26.3 Å². The Bertz CT molecular complexity index is 141. The van der Waals surface area contributed by atoms with Crippen LogP contribution in [0.2, 0.25) is 0 Å². The number of carbonyl (C=O) groups is 1. The molecule has 0 rings (SSSR count). The van der Waals surface area contributed by atoms with Gasteiger partial charge in [0.15, 0.2) is 0 Å². The standard InChI is InChI=1S/C9H18O2S/c1-4-6-11-8(10)9(3,5-2)7-12/h12H,4-7H2,1-3H3. The van der Waals surface area contributed by atoms with Crippen molar-refractivity contribution < 1.29 is 9.53 Å². The highest BCUT2D eigenvalue weighted by molar-refractivity contribution is 7.80. The van der Waals surface area contributed by atoms with E-state index >= 15 is 0 Å². The van der Waals surface area contributed by atoms with E-state index in [4.69, 9.17) is 4.74 Å². The van der Waals surface area contributed by atoms with Crippen molar-refractivity contribution in [3.8, 4) is 0 Å². The lowest BCUT2D eigenvalue weighted by molar-refractivity contribution is -0.153. The molecule has 1 unspecified atom stereocenters. The molecule has 1 atom stereocenters. The summed E-state index contributed by atoms with van der Waals surface area (Å²) in [4.78, 5) is 11.4. The summed E-state index contributed by atoms with van der Waals surface area (Å²) in [6.07, 6.45) is 1.65. The minimum absolute atomic E-state index is 0.123. The van der Waals surface area contributed by atoms with Crippen molar-refractivity contribution >= 4 is 18.6 Å². The zero-order valence-corrected chi connectivity index (χ0v) is 8.99. The largest absolute Gasteiger partial charge is 0.465 e. The lowest BCUT2D eigenvalue weighted by Crippen LogP contribution is -2.31. The van der Waals surface area contributed by atoms with Crippen LogP contribution in [-0.4, -0.2) is 18.3 Å². The maximum absolute atomic E-state index is 11.4. The molecule has 2 nitrogen and oxygen atoms in total. The Hall–Kier alpha value is -0.180. The number of ether oxygens (including phenoxy) is 1. The first-order valence-corrected chi connectivity index (χ1v) is 5.02. The number of esters is 1. The van der Waals surface area contributed by atoms with E-state index in [1.54, 1.807) is 0 Å². The highest BCUT2D eigenvalue weighted by Crippen LogP contribution is 2.24. The van der Waals surface area contributed by atoms with Crippen LogP contribution in [0.4, 0.5) is 0 Å². The summed E-state index contributed by atoms with van der Waals surface area (Å²) in [5.41, 5.74) is -0.404. The van der Waals surface area contributed by atoms with E-state index in [2.05, 4.69) is 12.6 Å². The molecular weight excluding hydrogens is 172 g/mol. The smallest absolute Gasteiger partial charge is 0.312 e. The molecule has 0 heterocycles. The third-order valence-corrected chi connectivity index (χ3v) is 2.76. The van der Waals surface area contributed by atoms with Crippen molar-refractivity contribution in [3.05, 3.63) is 0 Å². The molecule has 0 amide bonds. The molecule has 0 bridgehead atoms. The molecule has 0 aromatic rings. The van der Waals surface area contributed by atoms with Crippen LogP contribution in [-0.2, 0) is 9.53 Å². The fourth-order valence-corrected chi connectivity index (χ4v) is 1.04. The third kappa shape index (κ3) is 3.05. The van der Waals surface area contributed by atoms with E-state index in [0.717, 1.165) is 12.8 Å². The van der Waals surface area contributed by atoms with Crippen LogP contribution >= 0.6 is 12.6 Å². The lowest BCUT2D eigenvalue weighted by Gasteiger charge is -2.23. The van der Waals surface area contributed by atoms with Crippen molar-refractivity contribution in [2.24, 2.45) is 5.41 Å². The van der Waals surface area contributed by atoms with Crippen LogP contribution in [0, 0.1) is 5.41 Å². The van der Waals surface area contributed by atoms with Gasteiger partial charge in [-0.1, -0.05) is 13.8 Å². The first kappa shape index (κ1) is 11.8. The predicted molar refractivity (Wildman–Crippen MR) is 53.5 cm³/mol. The molecule has 72 valence electrons. The molecule has 0 aliphatic heterocycles. The molecule has 0 saturated heterocycles. The second kappa shape index (κ2) is 5.46. The first-order valence-electron chi connectivity index (χ1n) is 4.38. The summed E-state index contributed by atoms with van der Waals surface area (Å²) < 4.78 is 5.05. The van der Waals surface area contributed by atoms with Gasteiger partial charge in [-0.15, -0.1) is 0 Å². The van der Waals surface area contributed by atoms with Crippen LogP contribution in [0.1, 0.15) is 33.6 Å². The molecule has 0 radical (unpaired) electrons. The van der Waals surface area contributed by atoms with Crippen LogP contribution in [0.3, 0.4) is 0 Å². The summed E-state index contributed by atoms with van der Waals surface area (Å²) in [5.74, 6) is 0.424. The fraction of sp³-hybridized carbons (Fsp3) is 0.889. The molecule has 0 aromatic carbocycles. The fourth-order valence-electron chi connectivity index (χ4n) is 0.690. The van der Waals surface area contributed by atoms with Gasteiger partial charge in [0.1, 0.15) is 0 Å². The van der Waals surface area contributed by atoms with Gasteiger partial charge in [0, 0.05) is 5.75 Å². The lowest BCUT2D eigenvalue weighted by atomic mass is 9.90. The second-order valence-electron chi connectivity index (χ2n) is 3.21. The van der Waals surface area contributed by atoms with Crippen LogP contribution < -0.4 is 0 Å². The molecule has 0 saturated carbocycles. The molecule has 0 aliphatic carbocycles. The van der Waals surface area contributed by atoms with E-state index in [1.165, 1.54) is 0 Å². The highest BCUT2D eigenvalue weighted by Gasteiger charge is 2.31. The average molecular weight is 190 g/mol. The van der Waals surface area contributed by atoms with Crippen molar-refractivity contribution in [3.63, 3.8) is 0 Å². The van der Waals surface area contributed by atoms with Gasteiger partial charge in [0.25, 0.3) is 0 Å².